The van der Waals surface area contributed by atoms with Crippen molar-refractivity contribution in [2.45, 2.75) is 97.3 Å². The molecule has 1 aromatic rings. The van der Waals surface area contributed by atoms with Gasteiger partial charge in [0.05, 0.1) is 5.41 Å². The monoisotopic (exact) mass is 346 g/mol. The number of rotatable bonds is 14. The first kappa shape index (κ1) is 21.7. The first-order valence-electron chi connectivity index (χ1n) is 10.3. The Morgan fingerprint density at radius 3 is 1.84 bits per heavy atom. The van der Waals surface area contributed by atoms with Crippen LogP contribution in [0.25, 0.3) is 0 Å². The van der Waals surface area contributed by atoms with Crippen molar-refractivity contribution in [2.24, 2.45) is 5.41 Å². The Labute approximate surface area is 155 Å². The highest BCUT2D eigenvalue weighted by Gasteiger charge is 2.37. The smallest absolute Gasteiger partial charge is 0.309 e. The number of benzene rings is 1. The van der Waals surface area contributed by atoms with Crippen molar-refractivity contribution < 1.29 is 9.90 Å². The molecule has 0 spiro atoms. The third-order valence-corrected chi connectivity index (χ3v) is 5.47. The number of aliphatic carboxylic acids is 1. The fraction of sp³-hybridized carbons (Fsp3) is 0.696. The van der Waals surface area contributed by atoms with Gasteiger partial charge in [-0.1, -0.05) is 101 Å². The minimum Gasteiger partial charge on any atom is -0.481 e. The van der Waals surface area contributed by atoms with Crippen LogP contribution in [0.1, 0.15) is 103 Å². The molecule has 0 saturated heterocycles. The average molecular weight is 347 g/mol. The lowest BCUT2D eigenvalue weighted by Crippen LogP contribution is -2.31. The number of carboxylic acid groups (broad SMARTS) is 1. The molecule has 142 valence electrons. The van der Waals surface area contributed by atoms with Gasteiger partial charge < -0.3 is 5.11 Å². The van der Waals surface area contributed by atoms with Crippen LogP contribution in [0.5, 0.6) is 0 Å². The third-order valence-electron chi connectivity index (χ3n) is 5.47. The fourth-order valence-electron chi connectivity index (χ4n) is 3.61. The zero-order valence-corrected chi connectivity index (χ0v) is 16.6. The molecule has 0 aromatic heterocycles. The van der Waals surface area contributed by atoms with Crippen LogP contribution in [0.3, 0.4) is 0 Å². The number of unbranched alkanes of at least 4 members (excludes halogenated alkanes) is 9. The maximum atomic E-state index is 11.7. The number of carboxylic acids is 1. The lowest BCUT2D eigenvalue weighted by molar-refractivity contribution is -0.148. The van der Waals surface area contributed by atoms with Gasteiger partial charge in [0.15, 0.2) is 0 Å². The Bertz CT molecular complexity index is 464. The van der Waals surface area contributed by atoms with Crippen LogP contribution in [0, 0.1) is 5.41 Å². The van der Waals surface area contributed by atoms with E-state index in [1.165, 1.54) is 57.8 Å². The van der Waals surface area contributed by atoms with Crippen molar-refractivity contribution in [2.75, 3.05) is 0 Å². The van der Waals surface area contributed by atoms with E-state index in [9.17, 15) is 9.90 Å². The molecular formula is C23H38O2. The Morgan fingerprint density at radius 2 is 1.36 bits per heavy atom. The summed E-state index contributed by atoms with van der Waals surface area (Å²) in [5.41, 5.74) is 0.437. The van der Waals surface area contributed by atoms with Gasteiger partial charge in [-0.3, -0.25) is 4.79 Å². The molecule has 0 radical (unpaired) electrons. The van der Waals surface area contributed by atoms with Crippen molar-refractivity contribution >= 4 is 5.97 Å². The van der Waals surface area contributed by atoms with E-state index in [4.69, 9.17) is 0 Å². The van der Waals surface area contributed by atoms with E-state index in [1.807, 2.05) is 32.0 Å². The molecule has 0 aliphatic carbocycles. The van der Waals surface area contributed by atoms with E-state index in [1.54, 1.807) is 0 Å². The summed E-state index contributed by atoms with van der Waals surface area (Å²) < 4.78 is 0. The molecular weight excluding hydrogens is 308 g/mol. The van der Waals surface area contributed by atoms with Gasteiger partial charge in [0.1, 0.15) is 0 Å². The lowest BCUT2D eigenvalue weighted by Gasteiger charge is -2.31. The molecule has 0 aliphatic rings. The third kappa shape index (κ3) is 8.07. The van der Waals surface area contributed by atoms with Gasteiger partial charge in [-0.25, -0.2) is 0 Å². The lowest BCUT2D eigenvalue weighted by atomic mass is 9.72. The second-order valence-corrected chi connectivity index (χ2v) is 7.96. The van der Waals surface area contributed by atoms with Crippen LogP contribution < -0.4 is 0 Å². The first-order valence-corrected chi connectivity index (χ1v) is 10.3. The molecule has 1 N–H and O–H groups in total. The summed E-state index contributed by atoms with van der Waals surface area (Å²) in [5, 5.41) is 9.63. The van der Waals surface area contributed by atoms with Gasteiger partial charge in [-0.15, -0.1) is 0 Å². The minimum absolute atomic E-state index is 0.0836. The number of hydrogen-bond acceptors (Lipinski definition) is 1. The van der Waals surface area contributed by atoms with E-state index >= 15 is 0 Å². The summed E-state index contributed by atoms with van der Waals surface area (Å²) in [6.07, 6.45) is 14.1. The Kier molecular flexibility index (Phi) is 10.5. The van der Waals surface area contributed by atoms with Gasteiger partial charge >= 0.3 is 5.97 Å². The molecule has 0 saturated carbocycles. The van der Waals surface area contributed by atoms with Crippen LogP contribution in [0.4, 0.5) is 0 Å². The molecule has 0 heterocycles. The van der Waals surface area contributed by atoms with Crippen molar-refractivity contribution in [3.63, 3.8) is 0 Å². The van der Waals surface area contributed by atoms with E-state index in [2.05, 4.69) is 19.1 Å². The predicted octanol–water partition coefficient (Wildman–Crippen LogP) is 7.19. The molecule has 2 nitrogen and oxygen atoms in total. The van der Waals surface area contributed by atoms with Gasteiger partial charge in [0, 0.05) is 0 Å². The van der Waals surface area contributed by atoms with Gasteiger partial charge in [0.2, 0.25) is 0 Å². The molecule has 0 fully saturated rings. The topological polar surface area (TPSA) is 37.3 Å². The Hall–Kier alpha value is -1.31. The SMILES string of the molecule is CCCCCCCCCCCCC(c1ccccc1)C(C)(C)C(=O)O. The molecule has 1 aromatic carbocycles. The Balaban J connectivity index is 2.34. The average Bonchev–Trinajstić information content (AvgIpc) is 2.60. The van der Waals surface area contributed by atoms with Gasteiger partial charge in [0.25, 0.3) is 0 Å². The van der Waals surface area contributed by atoms with Crippen LogP contribution in [0.2, 0.25) is 0 Å². The van der Waals surface area contributed by atoms with E-state index in [-0.39, 0.29) is 5.92 Å². The summed E-state index contributed by atoms with van der Waals surface area (Å²) in [6, 6.07) is 10.2. The van der Waals surface area contributed by atoms with Crippen molar-refractivity contribution in [1.29, 1.82) is 0 Å². The molecule has 1 unspecified atom stereocenters. The second kappa shape index (κ2) is 12.1. The van der Waals surface area contributed by atoms with E-state index < -0.39 is 11.4 Å². The summed E-state index contributed by atoms with van der Waals surface area (Å²) in [5.74, 6) is -0.617. The molecule has 1 rings (SSSR count). The minimum atomic E-state index is -0.722. The number of carbonyl (C=O) groups is 1. The van der Waals surface area contributed by atoms with Crippen LogP contribution >= 0.6 is 0 Å². The summed E-state index contributed by atoms with van der Waals surface area (Å²) in [6.45, 7) is 5.99. The molecule has 0 bridgehead atoms. The molecule has 25 heavy (non-hydrogen) atoms. The molecule has 0 aliphatic heterocycles. The second-order valence-electron chi connectivity index (χ2n) is 7.96. The highest BCUT2D eigenvalue weighted by molar-refractivity contribution is 5.75. The highest BCUT2D eigenvalue weighted by atomic mass is 16.4. The molecule has 1 atom stereocenters. The van der Waals surface area contributed by atoms with Crippen LogP contribution in [-0.4, -0.2) is 11.1 Å². The van der Waals surface area contributed by atoms with Crippen LogP contribution in [0.15, 0.2) is 30.3 Å². The van der Waals surface area contributed by atoms with E-state index in [0.29, 0.717) is 0 Å². The largest absolute Gasteiger partial charge is 0.481 e. The standard InChI is InChI=1S/C23H38O2/c1-4-5-6-7-8-9-10-11-12-16-19-21(23(2,3)22(24)25)20-17-14-13-15-18-20/h13-15,17-18,21H,4-12,16,19H2,1-3H3,(H,24,25). The molecule has 2 heteroatoms. The quantitative estimate of drug-likeness (QED) is 0.362. The first-order chi connectivity index (χ1) is 12.0. The van der Waals surface area contributed by atoms with Crippen LogP contribution in [-0.2, 0) is 4.79 Å². The normalized spacial score (nSPS) is 12.9. The predicted molar refractivity (Wildman–Crippen MR) is 107 cm³/mol. The molecule has 0 amide bonds. The maximum absolute atomic E-state index is 11.7. The van der Waals surface area contributed by atoms with Gasteiger partial charge in [-0.2, -0.15) is 0 Å². The van der Waals surface area contributed by atoms with Crippen molar-refractivity contribution in [3.05, 3.63) is 35.9 Å². The number of hydrogen-bond donors (Lipinski definition) is 1. The zero-order chi connectivity index (χ0) is 18.5. The van der Waals surface area contributed by atoms with E-state index in [0.717, 1.165) is 18.4 Å². The fourth-order valence-corrected chi connectivity index (χ4v) is 3.61. The van der Waals surface area contributed by atoms with Crippen molar-refractivity contribution in [3.8, 4) is 0 Å². The summed E-state index contributed by atoms with van der Waals surface area (Å²) in [7, 11) is 0. The maximum Gasteiger partial charge on any atom is 0.309 e. The highest BCUT2D eigenvalue weighted by Crippen LogP contribution is 2.39. The summed E-state index contributed by atoms with van der Waals surface area (Å²) >= 11 is 0. The summed E-state index contributed by atoms with van der Waals surface area (Å²) in [4.78, 5) is 11.7. The van der Waals surface area contributed by atoms with Crippen molar-refractivity contribution in [1.82, 2.24) is 0 Å². The zero-order valence-electron chi connectivity index (χ0n) is 16.6. The Morgan fingerprint density at radius 1 is 0.880 bits per heavy atom. The van der Waals surface area contributed by atoms with Gasteiger partial charge in [-0.05, 0) is 31.7 Å².